The zero-order valence-corrected chi connectivity index (χ0v) is 14.0. The highest BCUT2D eigenvalue weighted by molar-refractivity contribution is 7.84. The molecule has 0 bridgehead atoms. The number of rotatable bonds is 4. The summed E-state index contributed by atoms with van der Waals surface area (Å²) >= 11 is 0. The molecule has 0 heterocycles. The van der Waals surface area contributed by atoms with Gasteiger partial charge in [0, 0.05) is 6.04 Å². The summed E-state index contributed by atoms with van der Waals surface area (Å²) in [4.78, 5) is 0. The van der Waals surface area contributed by atoms with Gasteiger partial charge in [-0.15, -0.1) is 0 Å². The third-order valence-electron chi connectivity index (χ3n) is 3.25. The fraction of sp³-hybridized carbons (Fsp3) is 0.562. The molecule has 0 saturated carbocycles. The second-order valence-corrected chi connectivity index (χ2v) is 8.58. The highest BCUT2D eigenvalue weighted by Crippen LogP contribution is 2.24. The summed E-state index contributed by atoms with van der Waals surface area (Å²) in [5.41, 5.74) is 1.58. The van der Waals surface area contributed by atoms with Gasteiger partial charge >= 0.3 is 0 Å². The quantitative estimate of drug-likeness (QED) is 0.922. The molecule has 0 aromatic heterocycles. The molecule has 1 unspecified atom stereocenters. The van der Waals surface area contributed by atoms with Crippen LogP contribution in [0.3, 0.4) is 0 Å². The largest absolute Gasteiger partial charge is 0.242 e. The number of nitrogens with one attached hydrogen (secondary N) is 1. The van der Waals surface area contributed by atoms with Crippen molar-refractivity contribution in [1.82, 2.24) is 4.72 Å². The van der Waals surface area contributed by atoms with Crippen molar-refractivity contribution in [1.29, 1.82) is 5.26 Å². The van der Waals surface area contributed by atoms with Crippen molar-refractivity contribution in [2.45, 2.75) is 57.7 Å². The van der Waals surface area contributed by atoms with Crippen LogP contribution in [-0.4, -0.2) is 8.96 Å². The van der Waals surface area contributed by atoms with E-state index in [9.17, 15) is 4.21 Å². The molecule has 110 valence electrons. The highest BCUT2D eigenvalue weighted by atomic mass is 32.2. The SMILES string of the molecule is C[C@H](NS(=O)C(C)(C)C)c1ccc(C(C)(C)C#N)cc1. The fourth-order valence-electron chi connectivity index (χ4n) is 1.66. The van der Waals surface area contributed by atoms with Crippen LogP contribution in [0.4, 0.5) is 0 Å². The summed E-state index contributed by atoms with van der Waals surface area (Å²) in [5, 5.41) is 9.13. The maximum absolute atomic E-state index is 12.1. The van der Waals surface area contributed by atoms with Crippen LogP contribution in [0.25, 0.3) is 0 Å². The third kappa shape index (κ3) is 4.16. The Morgan fingerprint density at radius 1 is 1.15 bits per heavy atom. The van der Waals surface area contributed by atoms with Gasteiger partial charge in [-0.1, -0.05) is 24.3 Å². The van der Waals surface area contributed by atoms with Crippen LogP contribution in [0.5, 0.6) is 0 Å². The zero-order chi connectivity index (χ0) is 15.6. The van der Waals surface area contributed by atoms with Crippen LogP contribution in [0.1, 0.15) is 58.7 Å². The van der Waals surface area contributed by atoms with E-state index in [0.717, 1.165) is 11.1 Å². The van der Waals surface area contributed by atoms with Gasteiger partial charge in [0.2, 0.25) is 0 Å². The molecule has 0 fully saturated rings. The molecule has 0 spiro atoms. The fourth-order valence-corrected chi connectivity index (χ4v) is 2.47. The third-order valence-corrected chi connectivity index (χ3v) is 4.93. The summed E-state index contributed by atoms with van der Waals surface area (Å²) in [6.45, 7) is 11.6. The minimum Gasteiger partial charge on any atom is -0.242 e. The van der Waals surface area contributed by atoms with Gasteiger partial charge in [0.05, 0.1) is 27.2 Å². The monoisotopic (exact) mass is 292 g/mol. The predicted molar refractivity (Wildman–Crippen MR) is 84.5 cm³/mol. The van der Waals surface area contributed by atoms with Crippen LogP contribution in [0.15, 0.2) is 24.3 Å². The summed E-state index contributed by atoms with van der Waals surface area (Å²) in [6, 6.07) is 10.2. The van der Waals surface area contributed by atoms with Gasteiger partial charge in [0.1, 0.15) is 0 Å². The molecule has 1 aromatic carbocycles. The molecule has 0 aliphatic heterocycles. The molecule has 0 amide bonds. The normalized spacial score (nSPS) is 15.4. The molecule has 1 rings (SSSR count). The molecule has 0 saturated heterocycles. The topological polar surface area (TPSA) is 52.9 Å². The van der Waals surface area contributed by atoms with E-state index in [1.165, 1.54) is 0 Å². The van der Waals surface area contributed by atoms with Gasteiger partial charge in [-0.3, -0.25) is 0 Å². The average Bonchev–Trinajstić information content (AvgIpc) is 2.37. The Morgan fingerprint density at radius 2 is 1.65 bits per heavy atom. The lowest BCUT2D eigenvalue weighted by molar-refractivity contribution is 0.615. The highest BCUT2D eigenvalue weighted by Gasteiger charge is 2.23. The Labute approximate surface area is 125 Å². The molecule has 20 heavy (non-hydrogen) atoms. The Bertz CT molecular complexity index is 521. The first-order valence-corrected chi connectivity index (χ1v) is 7.92. The predicted octanol–water partition coefficient (Wildman–Crippen LogP) is 3.60. The van der Waals surface area contributed by atoms with Gasteiger partial charge in [-0.05, 0) is 52.7 Å². The minimum absolute atomic E-state index is 0.00862. The Morgan fingerprint density at radius 3 is 2.05 bits per heavy atom. The van der Waals surface area contributed by atoms with Crippen molar-refractivity contribution in [2.75, 3.05) is 0 Å². The van der Waals surface area contributed by atoms with E-state index in [-0.39, 0.29) is 10.8 Å². The van der Waals surface area contributed by atoms with E-state index >= 15 is 0 Å². The van der Waals surface area contributed by atoms with E-state index in [1.54, 1.807) is 0 Å². The van der Waals surface area contributed by atoms with Crippen molar-refractivity contribution in [3.8, 4) is 6.07 Å². The first-order chi connectivity index (χ1) is 9.08. The lowest BCUT2D eigenvalue weighted by atomic mass is 9.86. The Hall–Kier alpha value is -1.18. The van der Waals surface area contributed by atoms with Gasteiger partial charge in [-0.25, -0.2) is 8.93 Å². The summed E-state index contributed by atoms with van der Waals surface area (Å²) in [7, 11) is -1.09. The molecule has 1 aromatic rings. The molecule has 2 atom stereocenters. The Balaban J connectivity index is 2.85. The summed E-state index contributed by atoms with van der Waals surface area (Å²) in [6.07, 6.45) is 0. The molecule has 0 aliphatic carbocycles. The maximum Gasteiger partial charge on any atom is 0.0975 e. The Kier molecular flexibility index (Phi) is 5.12. The lowest BCUT2D eigenvalue weighted by Crippen LogP contribution is -2.34. The molecular weight excluding hydrogens is 268 g/mol. The van der Waals surface area contributed by atoms with E-state index < -0.39 is 16.4 Å². The molecule has 3 nitrogen and oxygen atoms in total. The van der Waals surface area contributed by atoms with Crippen molar-refractivity contribution < 1.29 is 4.21 Å². The lowest BCUT2D eigenvalue weighted by Gasteiger charge is -2.23. The van der Waals surface area contributed by atoms with Crippen LogP contribution in [0.2, 0.25) is 0 Å². The first kappa shape index (κ1) is 16.9. The number of nitrogens with zero attached hydrogens (tertiary/aromatic N) is 1. The molecular formula is C16H24N2OS. The maximum atomic E-state index is 12.1. The van der Waals surface area contributed by atoms with E-state index in [2.05, 4.69) is 10.8 Å². The van der Waals surface area contributed by atoms with Crippen molar-refractivity contribution >= 4 is 11.0 Å². The van der Waals surface area contributed by atoms with Gasteiger partial charge in [0.15, 0.2) is 0 Å². The van der Waals surface area contributed by atoms with Gasteiger partial charge in [-0.2, -0.15) is 5.26 Å². The number of nitriles is 1. The minimum atomic E-state index is -1.09. The van der Waals surface area contributed by atoms with E-state index in [1.807, 2.05) is 65.8 Å². The summed E-state index contributed by atoms with van der Waals surface area (Å²) < 4.78 is 14.9. The molecule has 1 N–H and O–H groups in total. The van der Waals surface area contributed by atoms with E-state index in [0.29, 0.717) is 0 Å². The standard InChI is InChI=1S/C16H24N2OS/c1-12(18-20(19)15(2,3)4)13-7-9-14(10-8-13)16(5,6)11-17/h7-10,12,18H,1-6H3/t12-,20?/m0/s1. The number of hydrogen-bond acceptors (Lipinski definition) is 2. The van der Waals surface area contributed by atoms with E-state index in [4.69, 9.17) is 5.26 Å². The van der Waals surface area contributed by atoms with Crippen LogP contribution in [0, 0.1) is 11.3 Å². The van der Waals surface area contributed by atoms with Gasteiger partial charge in [0.25, 0.3) is 0 Å². The van der Waals surface area contributed by atoms with Crippen LogP contribution < -0.4 is 4.72 Å². The van der Waals surface area contributed by atoms with Crippen LogP contribution >= 0.6 is 0 Å². The summed E-state index contributed by atoms with van der Waals surface area (Å²) in [5.74, 6) is 0. The number of hydrogen-bond donors (Lipinski definition) is 1. The van der Waals surface area contributed by atoms with Gasteiger partial charge < -0.3 is 0 Å². The molecule has 0 aliphatic rings. The van der Waals surface area contributed by atoms with Crippen molar-refractivity contribution in [3.63, 3.8) is 0 Å². The smallest absolute Gasteiger partial charge is 0.0975 e. The van der Waals surface area contributed by atoms with Crippen molar-refractivity contribution in [3.05, 3.63) is 35.4 Å². The van der Waals surface area contributed by atoms with Crippen LogP contribution in [-0.2, 0) is 16.4 Å². The average molecular weight is 292 g/mol. The zero-order valence-electron chi connectivity index (χ0n) is 13.2. The first-order valence-electron chi connectivity index (χ1n) is 6.77. The second-order valence-electron chi connectivity index (χ2n) is 6.58. The molecule has 0 radical (unpaired) electrons. The molecule has 4 heteroatoms. The second kappa shape index (κ2) is 6.07. The number of benzene rings is 1. The van der Waals surface area contributed by atoms with Crippen molar-refractivity contribution in [2.24, 2.45) is 0 Å².